The topological polar surface area (TPSA) is 89.4 Å². The number of nitrogens with two attached hydrogens (primary N) is 2. The fourth-order valence-electron chi connectivity index (χ4n) is 0.953. The Bertz CT molecular complexity index is 232. The van der Waals surface area contributed by atoms with E-state index in [0.29, 0.717) is 6.41 Å². The van der Waals surface area contributed by atoms with Crippen molar-refractivity contribution in [2.45, 2.75) is 6.04 Å². The van der Waals surface area contributed by atoms with Crippen LogP contribution < -0.4 is 11.5 Å². The van der Waals surface area contributed by atoms with Crippen molar-refractivity contribution in [2.75, 3.05) is 6.54 Å². The van der Waals surface area contributed by atoms with E-state index in [4.69, 9.17) is 11.5 Å². The Morgan fingerprint density at radius 1 is 1.50 bits per heavy atom. The molecule has 5 heteroatoms. The van der Waals surface area contributed by atoms with Gasteiger partial charge >= 0.3 is 0 Å². The van der Waals surface area contributed by atoms with E-state index in [1.165, 1.54) is 17.2 Å². The van der Waals surface area contributed by atoms with Gasteiger partial charge in [0.2, 0.25) is 12.3 Å². The van der Waals surface area contributed by atoms with Crippen LogP contribution in [0.1, 0.15) is 0 Å². The molecule has 0 saturated heterocycles. The first kappa shape index (κ1) is 12.4. The second-order valence-corrected chi connectivity index (χ2v) is 2.81. The van der Waals surface area contributed by atoms with E-state index in [-0.39, 0.29) is 6.54 Å². The molecule has 0 aromatic heterocycles. The van der Waals surface area contributed by atoms with E-state index >= 15 is 0 Å². The first-order chi connectivity index (χ1) is 6.56. The van der Waals surface area contributed by atoms with Crippen LogP contribution in [0.2, 0.25) is 0 Å². The molecule has 2 amide bonds. The van der Waals surface area contributed by atoms with Gasteiger partial charge < -0.3 is 16.4 Å². The first-order valence-electron chi connectivity index (χ1n) is 4.07. The molecular formula is C9H15N3O2. The summed E-state index contributed by atoms with van der Waals surface area (Å²) in [5, 5.41) is 0. The summed E-state index contributed by atoms with van der Waals surface area (Å²) in [6.07, 6.45) is 3.28. The van der Waals surface area contributed by atoms with Crippen LogP contribution in [-0.4, -0.2) is 29.8 Å². The molecule has 5 nitrogen and oxygen atoms in total. The highest BCUT2D eigenvalue weighted by molar-refractivity contribution is 5.78. The van der Waals surface area contributed by atoms with Crippen molar-refractivity contribution in [3.05, 3.63) is 25.4 Å². The molecule has 0 aromatic carbocycles. The number of nitrogens with zero attached hydrogens (tertiary/aromatic N) is 1. The standard InChI is InChI=1S/C9H15N3O2/c1-3-8(10)7(9(11)14)5-12(4-2)6-13/h3-4,6-8H,1-2,5,10H2,(H2,11,14). The van der Waals surface area contributed by atoms with E-state index in [1.807, 2.05) is 0 Å². The molecule has 0 fully saturated rings. The second kappa shape index (κ2) is 5.93. The van der Waals surface area contributed by atoms with Crippen LogP contribution in [0.15, 0.2) is 25.4 Å². The number of hydrogen-bond acceptors (Lipinski definition) is 3. The van der Waals surface area contributed by atoms with Crippen LogP contribution in [0, 0.1) is 5.92 Å². The third-order valence-corrected chi connectivity index (χ3v) is 1.88. The van der Waals surface area contributed by atoms with Crippen molar-refractivity contribution >= 4 is 12.3 Å². The fraction of sp³-hybridized carbons (Fsp3) is 0.333. The van der Waals surface area contributed by atoms with Crippen molar-refractivity contribution in [1.82, 2.24) is 4.90 Å². The first-order valence-corrected chi connectivity index (χ1v) is 4.07. The molecule has 0 spiro atoms. The largest absolute Gasteiger partial charge is 0.369 e. The molecule has 2 atom stereocenters. The van der Waals surface area contributed by atoms with Crippen LogP contribution in [0.4, 0.5) is 0 Å². The lowest BCUT2D eigenvalue weighted by atomic mass is 9.99. The van der Waals surface area contributed by atoms with Gasteiger partial charge in [0, 0.05) is 12.6 Å². The number of amides is 2. The van der Waals surface area contributed by atoms with Crippen LogP contribution >= 0.6 is 0 Å². The van der Waals surface area contributed by atoms with Gasteiger partial charge in [0.25, 0.3) is 0 Å². The van der Waals surface area contributed by atoms with Crippen LogP contribution in [0.3, 0.4) is 0 Å². The van der Waals surface area contributed by atoms with Crippen LogP contribution in [0.25, 0.3) is 0 Å². The number of carbonyl (C=O) groups excluding carboxylic acids is 2. The Balaban J connectivity index is 4.50. The summed E-state index contributed by atoms with van der Waals surface area (Å²) in [5.41, 5.74) is 10.7. The molecule has 0 heterocycles. The van der Waals surface area contributed by atoms with Gasteiger partial charge in [-0.1, -0.05) is 12.7 Å². The van der Waals surface area contributed by atoms with Crippen molar-refractivity contribution in [2.24, 2.45) is 17.4 Å². The predicted octanol–water partition coefficient (Wildman–Crippen LogP) is -0.797. The quantitative estimate of drug-likeness (QED) is 0.413. The fourth-order valence-corrected chi connectivity index (χ4v) is 0.953. The van der Waals surface area contributed by atoms with Crippen LogP contribution in [-0.2, 0) is 9.59 Å². The van der Waals surface area contributed by atoms with E-state index in [1.54, 1.807) is 0 Å². The average molecular weight is 197 g/mol. The molecule has 0 aliphatic rings. The zero-order chi connectivity index (χ0) is 11.1. The lowest BCUT2D eigenvalue weighted by molar-refractivity contribution is -0.123. The summed E-state index contributed by atoms with van der Waals surface area (Å²) in [6, 6.07) is -0.560. The van der Waals surface area contributed by atoms with Crippen molar-refractivity contribution < 1.29 is 9.59 Å². The minimum absolute atomic E-state index is 0.121. The third kappa shape index (κ3) is 3.40. The number of carbonyl (C=O) groups is 2. The van der Waals surface area contributed by atoms with Gasteiger partial charge in [0.15, 0.2) is 0 Å². The van der Waals surface area contributed by atoms with E-state index < -0.39 is 17.9 Å². The molecule has 78 valence electrons. The molecule has 14 heavy (non-hydrogen) atoms. The molecule has 0 bridgehead atoms. The maximum absolute atomic E-state index is 11.0. The molecule has 0 saturated carbocycles. The highest BCUT2D eigenvalue weighted by Gasteiger charge is 2.22. The number of hydrogen-bond donors (Lipinski definition) is 2. The van der Waals surface area contributed by atoms with Gasteiger partial charge in [0.1, 0.15) is 0 Å². The van der Waals surface area contributed by atoms with Crippen molar-refractivity contribution in [3.8, 4) is 0 Å². The number of primary amides is 1. The molecule has 0 aliphatic heterocycles. The second-order valence-electron chi connectivity index (χ2n) is 2.81. The maximum Gasteiger partial charge on any atom is 0.224 e. The molecule has 0 aromatic rings. The predicted molar refractivity (Wildman–Crippen MR) is 53.8 cm³/mol. The summed E-state index contributed by atoms with van der Waals surface area (Å²) < 4.78 is 0. The molecule has 0 aliphatic carbocycles. The molecular weight excluding hydrogens is 182 g/mol. The Hall–Kier alpha value is -1.62. The normalized spacial score (nSPS) is 13.8. The zero-order valence-corrected chi connectivity index (χ0v) is 7.93. The monoisotopic (exact) mass is 197 g/mol. The lowest BCUT2D eigenvalue weighted by Gasteiger charge is -2.22. The Kier molecular flexibility index (Phi) is 5.24. The van der Waals surface area contributed by atoms with E-state index in [9.17, 15) is 9.59 Å². The average Bonchev–Trinajstić information content (AvgIpc) is 2.18. The minimum Gasteiger partial charge on any atom is -0.369 e. The van der Waals surface area contributed by atoms with Crippen molar-refractivity contribution in [1.29, 1.82) is 0 Å². The molecule has 4 N–H and O–H groups in total. The SMILES string of the molecule is C=CC(N)C(CN(C=C)C=O)C(N)=O. The van der Waals surface area contributed by atoms with E-state index in [0.717, 1.165) is 0 Å². The van der Waals surface area contributed by atoms with E-state index in [2.05, 4.69) is 13.2 Å². The van der Waals surface area contributed by atoms with Gasteiger partial charge in [-0.15, -0.1) is 6.58 Å². The molecule has 2 unspecified atom stereocenters. The number of rotatable bonds is 7. The Labute approximate surface area is 83.0 Å². The minimum atomic E-state index is -0.643. The summed E-state index contributed by atoms with van der Waals surface area (Å²) in [5.74, 6) is -1.21. The summed E-state index contributed by atoms with van der Waals surface area (Å²) in [6.45, 7) is 6.98. The summed E-state index contributed by atoms with van der Waals surface area (Å²) >= 11 is 0. The van der Waals surface area contributed by atoms with Gasteiger partial charge in [0.05, 0.1) is 5.92 Å². The molecule has 0 radical (unpaired) electrons. The Morgan fingerprint density at radius 3 is 2.36 bits per heavy atom. The summed E-state index contributed by atoms with van der Waals surface area (Å²) in [7, 11) is 0. The lowest BCUT2D eigenvalue weighted by Crippen LogP contribution is -2.43. The van der Waals surface area contributed by atoms with Crippen molar-refractivity contribution in [3.63, 3.8) is 0 Å². The van der Waals surface area contributed by atoms with Gasteiger partial charge in [-0.2, -0.15) is 0 Å². The van der Waals surface area contributed by atoms with Gasteiger partial charge in [-0.3, -0.25) is 9.59 Å². The zero-order valence-electron chi connectivity index (χ0n) is 7.93. The third-order valence-electron chi connectivity index (χ3n) is 1.88. The summed E-state index contributed by atoms with van der Waals surface area (Å²) in [4.78, 5) is 22.6. The maximum atomic E-state index is 11.0. The Morgan fingerprint density at radius 2 is 2.07 bits per heavy atom. The van der Waals surface area contributed by atoms with Crippen LogP contribution in [0.5, 0.6) is 0 Å². The highest BCUT2D eigenvalue weighted by Crippen LogP contribution is 2.04. The molecule has 0 rings (SSSR count). The smallest absolute Gasteiger partial charge is 0.224 e. The van der Waals surface area contributed by atoms with Gasteiger partial charge in [-0.05, 0) is 6.20 Å². The highest BCUT2D eigenvalue weighted by atomic mass is 16.1. The van der Waals surface area contributed by atoms with Gasteiger partial charge in [-0.25, -0.2) is 0 Å².